The molecule has 8 aromatic rings. The summed E-state index contributed by atoms with van der Waals surface area (Å²) in [5.74, 6) is 0.969. The number of aromatic amines is 2. The summed E-state index contributed by atoms with van der Waals surface area (Å²) in [7, 11) is 0. The van der Waals surface area contributed by atoms with Crippen LogP contribution in [0.3, 0.4) is 0 Å². The highest BCUT2D eigenvalue weighted by Gasteiger charge is 2.41. The molecular weight excluding hydrogens is 585 g/mol. The Balaban J connectivity index is 1.23. The minimum Gasteiger partial charge on any atom is -0.368 e. The van der Waals surface area contributed by atoms with Crippen LogP contribution in [0.15, 0.2) is 188 Å². The zero-order valence-electron chi connectivity index (χ0n) is 26.6. The maximum Gasteiger partial charge on any atom is 0.121 e. The second-order valence-electron chi connectivity index (χ2n) is 12.0. The average molecular weight is 621 g/mol. The summed E-state index contributed by atoms with van der Waals surface area (Å²) >= 11 is 0. The molecule has 0 aliphatic rings. The first-order valence-corrected chi connectivity index (χ1v) is 16.4. The standard InChI is InChI=1S/C44H36N4/c1-5-14-34(15-6-1)35-25-23-33(24-26-35)32-46-43-30-27-40(47-43)42-29-28-41(39-22-13-31-45-39)48(42)44(36-16-7-2-8-17-36,37-18-9-3-10-19-37)38-20-11-4-12-21-38/h1-31,45-47H,32H2. The maximum absolute atomic E-state index is 3.72. The van der Waals surface area contributed by atoms with Gasteiger partial charge in [-0.15, -0.1) is 0 Å². The number of aromatic nitrogens is 3. The van der Waals surface area contributed by atoms with Gasteiger partial charge in [-0.25, -0.2) is 0 Å². The van der Waals surface area contributed by atoms with Crippen LogP contribution in [-0.2, 0) is 12.1 Å². The molecule has 0 radical (unpaired) electrons. The van der Waals surface area contributed by atoms with Crippen molar-refractivity contribution < 1.29 is 0 Å². The summed E-state index contributed by atoms with van der Waals surface area (Å²) in [4.78, 5) is 7.22. The normalized spacial score (nSPS) is 11.4. The highest BCUT2D eigenvalue weighted by Crippen LogP contribution is 2.46. The first-order valence-electron chi connectivity index (χ1n) is 16.4. The van der Waals surface area contributed by atoms with Gasteiger partial charge < -0.3 is 19.9 Å². The number of benzene rings is 5. The lowest BCUT2D eigenvalue weighted by molar-refractivity contribution is 0.527. The van der Waals surface area contributed by atoms with Crippen LogP contribution < -0.4 is 5.32 Å². The van der Waals surface area contributed by atoms with E-state index in [1.54, 1.807) is 0 Å². The molecule has 0 fully saturated rings. The minimum absolute atomic E-state index is 0.678. The first-order chi connectivity index (χ1) is 23.8. The van der Waals surface area contributed by atoms with Crippen LogP contribution >= 0.6 is 0 Å². The fraction of sp³-hybridized carbons (Fsp3) is 0.0455. The predicted octanol–water partition coefficient (Wildman–Crippen LogP) is 10.6. The monoisotopic (exact) mass is 620 g/mol. The summed E-state index contributed by atoms with van der Waals surface area (Å²) in [5, 5.41) is 3.63. The molecule has 3 heterocycles. The van der Waals surface area contributed by atoms with Crippen LogP contribution in [0.5, 0.6) is 0 Å². The van der Waals surface area contributed by atoms with E-state index in [0.717, 1.165) is 28.6 Å². The van der Waals surface area contributed by atoms with Crippen molar-refractivity contribution in [3.05, 3.63) is 210 Å². The molecular formula is C44H36N4. The van der Waals surface area contributed by atoms with Crippen LogP contribution in [0.4, 0.5) is 5.82 Å². The van der Waals surface area contributed by atoms with E-state index in [1.807, 2.05) is 6.20 Å². The Morgan fingerprint density at radius 1 is 0.458 bits per heavy atom. The van der Waals surface area contributed by atoms with Crippen LogP contribution in [0.25, 0.3) is 33.9 Å². The molecule has 0 unspecified atom stereocenters. The number of nitrogens with zero attached hydrogens (tertiary/aromatic N) is 1. The van der Waals surface area contributed by atoms with E-state index >= 15 is 0 Å². The molecule has 0 saturated heterocycles. The number of rotatable bonds is 10. The molecule has 3 N–H and O–H groups in total. The van der Waals surface area contributed by atoms with E-state index < -0.39 is 5.54 Å². The molecule has 4 nitrogen and oxygen atoms in total. The number of hydrogen-bond donors (Lipinski definition) is 3. The van der Waals surface area contributed by atoms with Crippen LogP contribution in [-0.4, -0.2) is 14.5 Å². The Hall–Kier alpha value is -6.26. The number of hydrogen-bond acceptors (Lipinski definition) is 1. The fourth-order valence-corrected chi connectivity index (χ4v) is 6.92. The summed E-state index contributed by atoms with van der Waals surface area (Å²) in [6.45, 7) is 0.714. The Bertz CT molecular complexity index is 2100. The molecule has 0 saturated carbocycles. The number of nitrogens with one attached hydrogen (secondary N) is 3. The van der Waals surface area contributed by atoms with Gasteiger partial charge in [0.25, 0.3) is 0 Å². The quantitative estimate of drug-likeness (QED) is 0.131. The molecule has 0 aliphatic carbocycles. The van der Waals surface area contributed by atoms with E-state index in [-0.39, 0.29) is 0 Å². The van der Waals surface area contributed by atoms with Gasteiger partial charge in [0.05, 0.1) is 22.8 Å². The number of anilines is 1. The molecule has 48 heavy (non-hydrogen) atoms. The van der Waals surface area contributed by atoms with Crippen molar-refractivity contribution in [2.75, 3.05) is 5.32 Å². The Kier molecular flexibility index (Phi) is 7.81. The van der Waals surface area contributed by atoms with Crippen LogP contribution in [0.2, 0.25) is 0 Å². The second-order valence-corrected chi connectivity index (χ2v) is 12.0. The summed E-state index contributed by atoms with van der Waals surface area (Å²) in [6.07, 6.45) is 1.99. The smallest absolute Gasteiger partial charge is 0.121 e. The molecule has 232 valence electrons. The van der Waals surface area contributed by atoms with Crippen molar-refractivity contribution in [3.8, 4) is 33.9 Å². The summed E-state index contributed by atoms with van der Waals surface area (Å²) in [5.41, 5.74) is 10.8. The summed E-state index contributed by atoms with van der Waals surface area (Å²) < 4.78 is 2.50. The molecule has 8 rings (SSSR count). The largest absolute Gasteiger partial charge is 0.368 e. The number of H-pyrrole nitrogens is 2. The van der Waals surface area contributed by atoms with Gasteiger partial charge in [-0.05, 0) is 69.8 Å². The second kappa shape index (κ2) is 12.9. The molecule has 3 aromatic heterocycles. The van der Waals surface area contributed by atoms with Gasteiger partial charge in [0.1, 0.15) is 11.4 Å². The molecule has 0 amide bonds. The fourth-order valence-electron chi connectivity index (χ4n) is 6.92. The zero-order valence-corrected chi connectivity index (χ0v) is 26.6. The van der Waals surface area contributed by atoms with Gasteiger partial charge in [0, 0.05) is 12.7 Å². The average Bonchev–Trinajstić information content (AvgIpc) is 3.95. The zero-order chi connectivity index (χ0) is 32.2. The van der Waals surface area contributed by atoms with Crippen LogP contribution in [0, 0.1) is 0 Å². The van der Waals surface area contributed by atoms with Gasteiger partial charge >= 0.3 is 0 Å². The van der Waals surface area contributed by atoms with E-state index in [0.29, 0.717) is 6.54 Å². The van der Waals surface area contributed by atoms with Crippen molar-refractivity contribution in [1.82, 2.24) is 14.5 Å². The molecule has 0 atom stereocenters. The molecule has 5 aromatic carbocycles. The Morgan fingerprint density at radius 2 is 0.979 bits per heavy atom. The van der Waals surface area contributed by atoms with Gasteiger partial charge in [0.2, 0.25) is 0 Å². The third-order valence-corrected chi connectivity index (χ3v) is 9.17. The summed E-state index contributed by atoms with van der Waals surface area (Å²) in [6, 6.07) is 64.8. The first kappa shape index (κ1) is 29.2. The lowest BCUT2D eigenvalue weighted by atomic mass is 9.76. The third-order valence-electron chi connectivity index (χ3n) is 9.17. The van der Waals surface area contributed by atoms with Gasteiger partial charge in [-0.2, -0.15) is 0 Å². The van der Waals surface area contributed by atoms with Crippen molar-refractivity contribution in [3.63, 3.8) is 0 Å². The van der Waals surface area contributed by atoms with Crippen molar-refractivity contribution >= 4 is 5.82 Å². The van der Waals surface area contributed by atoms with Crippen molar-refractivity contribution in [2.45, 2.75) is 12.1 Å². The molecule has 4 heteroatoms. The Morgan fingerprint density at radius 3 is 1.52 bits per heavy atom. The van der Waals surface area contributed by atoms with E-state index in [9.17, 15) is 0 Å². The predicted molar refractivity (Wildman–Crippen MR) is 198 cm³/mol. The minimum atomic E-state index is -0.678. The van der Waals surface area contributed by atoms with E-state index in [1.165, 1.54) is 33.4 Å². The highest BCUT2D eigenvalue weighted by atomic mass is 15.1. The van der Waals surface area contributed by atoms with Gasteiger partial charge in [0.15, 0.2) is 0 Å². The van der Waals surface area contributed by atoms with E-state index in [4.69, 9.17) is 0 Å². The van der Waals surface area contributed by atoms with Crippen molar-refractivity contribution in [1.29, 1.82) is 0 Å². The molecule has 0 spiro atoms. The van der Waals surface area contributed by atoms with Crippen LogP contribution in [0.1, 0.15) is 22.3 Å². The lowest BCUT2D eigenvalue weighted by Crippen LogP contribution is -2.38. The van der Waals surface area contributed by atoms with Crippen molar-refractivity contribution in [2.24, 2.45) is 0 Å². The highest BCUT2D eigenvalue weighted by molar-refractivity contribution is 5.72. The molecule has 0 bridgehead atoms. The SMILES string of the molecule is c1ccc(-c2ccc(CNc3ccc(-c4ccc(-c5ccc[nH]5)n4C(c4ccccc4)(c4ccccc4)c4ccccc4)[nH]3)cc2)cc1. The lowest BCUT2D eigenvalue weighted by Gasteiger charge is -2.40. The van der Waals surface area contributed by atoms with E-state index in [2.05, 4.69) is 202 Å². The topological polar surface area (TPSA) is 48.5 Å². The van der Waals surface area contributed by atoms with Gasteiger partial charge in [-0.1, -0.05) is 146 Å². The third kappa shape index (κ3) is 5.33. The maximum atomic E-state index is 3.72. The van der Waals surface area contributed by atoms with Gasteiger partial charge in [-0.3, -0.25) is 0 Å². The Labute approximate surface area is 281 Å². The molecule has 0 aliphatic heterocycles.